The van der Waals surface area contributed by atoms with Gasteiger partial charge in [0.1, 0.15) is 5.82 Å². The highest BCUT2D eigenvalue weighted by Gasteiger charge is 2.01. The van der Waals surface area contributed by atoms with Crippen LogP contribution in [-0.2, 0) is 11.5 Å². The third kappa shape index (κ3) is 3.35. The number of hydrogen-bond acceptors (Lipinski definition) is 2. The molecule has 0 saturated heterocycles. The molecule has 18 heavy (non-hydrogen) atoms. The van der Waals surface area contributed by atoms with Crippen molar-refractivity contribution in [3.8, 4) is 6.07 Å². The lowest BCUT2D eigenvalue weighted by Gasteiger charge is -2.03. The third-order valence-corrected chi connectivity index (χ3v) is 3.62. The van der Waals surface area contributed by atoms with E-state index < -0.39 is 0 Å². The smallest absolute Gasteiger partial charge is 0.127 e. The summed E-state index contributed by atoms with van der Waals surface area (Å²) in [6, 6.07) is 16.4. The summed E-state index contributed by atoms with van der Waals surface area (Å²) >= 11 is 1.66. The Morgan fingerprint density at radius 1 is 1.00 bits per heavy atom. The second-order valence-corrected chi connectivity index (χ2v) is 4.88. The molecule has 0 radical (unpaired) electrons. The van der Waals surface area contributed by atoms with Gasteiger partial charge < -0.3 is 0 Å². The van der Waals surface area contributed by atoms with Crippen LogP contribution in [-0.4, -0.2) is 0 Å². The first-order chi connectivity index (χ1) is 8.79. The summed E-state index contributed by atoms with van der Waals surface area (Å²) in [4.78, 5) is 0. The molecule has 90 valence electrons. The van der Waals surface area contributed by atoms with Crippen molar-refractivity contribution < 1.29 is 4.39 Å². The van der Waals surface area contributed by atoms with Gasteiger partial charge in [0.15, 0.2) is 0 Å². The highest BCUT2D eigenvalue weighted by molar-refractivity contribution is 7.97. The Labute approximate surface area is 110 Å². The van der Waals surface area contributed by atoms with Gasteiger partial charge in [-0.1, -0.05) is 30.3 Å². The van der Waals surface area contributed by atoms with Crippen LogP contribution in [0.15, 0.2) is 48.5 Å². The normalized spacial score (nSPS) is 10.0. The molecule has 0 aliphatic rings. The van der Waals surface area contributed by atoms with Crippen molar-refractivity contribution in [3.63, 3.8) is 0 Å². The lowest BCUT2D eigenvalue weighted by molar-refractivity contribution is 0.617. The van der Waals surface area contributed by atoms with E-state index in [-0.39, 0.29) is 5.82 Å². The monoisotopic (exact) mass is 257 g/mol. The molecular weight excluding hydrogens is 245 g/mol. The molecule has 0 bridgehead atoms. The van der Waals surface area contributed by atoms with Crippen LogP contribution in [0, 0.1) is 17.1 Å². The molecule has 0 saturated carbocycles. The number of hydrogen-bond donors (Lipinski definition) is 0. The first-order valence-corrected chi connectivity index (χ1v) is 6.75. The Kier molecular flexibility index (Phi) is 4.38. The van der Waals surface area contributed by atoms with E-state index in [1.807, 2.05) is 18.2 Å². The van der Waals surface area contributed by atoms with Crippen LogP contribution in [0.5, 0.6) is 0 Å². The molecule has 0 aliphatic heterocycles. The fraction of sp³-hybridized carbons (Fsp3) is 0.133. The second kappa shape index (κ2) is 6.23. The molecule has 0 spiro atoms. The minimum atomic E-state index is -0.148. The first kappa shape index (κ1) is 12.7. The van der Waals surface area contributed by atoms with Crippen molar-refractivity contribution in [2.45, 2.75) is 11.5 Å². The maximum Gasteiger partial charge on any atom is 0.127 e. The molecule has 2 aromatic rings. The molecule has 0 aromatic heterocycles. The van der Waals surface area contributed by atoms with Gasteiger partial charge in [-0.2, -0.15) is 17.0 Å². The summed E-state index contributed by atoms with van der Waals surface area (Å²) in [5.74, 6) is 1.33. The number of benzene rings is 2. The van der Waals surface area contributed by atoms with Crippen LogP contribution < -0.4 is 0 Å². The van der Waals surface area contributed by atoms with Crippen LogP contribution in [0.4, 0.5) is 4.39 Å². The van der Waals surface area contributed by atoms with E-state index in [0.717, 1.165) is 16.9 Å². The Hall–Kier alpha value is -1.79. The van der Waals surface area contributed by atoms with Gasteiger partial charge in [-0.3, -0.25) is 0 Å². The van der Waals surface area contributed by atoms with E-state index in [1.54, 1.807) is 36.0 Å². The Balaban J connectivity index is 1.89. The van der Waals surface area contributed by atoms with Gasteiger partial charge in [-0.05, 0) is 29.3 Å². The lowest BCUT2D eigenvalue weighted by atomic mass is 10.2. The highest BCUT2D eigenvalue weighted by Crippen LogP contribution is 2.19. The van der Waals surface area contributed by atoms with Crippen LogP contribution in [0.3, 0.4) is 0 Å². The third-order valence-electron chi connectivity index (χ3n) is 2.57. The van der Waals surface area contributed by atoms with Crippen LogP contribution in [0.1, 0.15) is 16.7 Å². The van der Waals surface area contributed by atoms with Gasteiger partial charge in [-0.25, -0.2) is 4.39 Å². The standard InChI is InChI=1S/C15H12FNS/c16-15-4-2-1-3-14(15)11-18-10-13-7-5-12(9-17)6-8-13/h1-8H,10-11H2. The van der Waals surface area contributed by atoms with Crippen molar-refractivity contribution in [1.29, 1.82) is 5.26 Å². The summed E-state index contributed by atoms with van der Waals surface area (Å²) in [5.41, 5.74) is 2.55. The predicted octanol–water partition coefficient (Wildman–Crippen LogP) is 4.13. The molecule has 2 aromatic carbocycles. The number of halogens is 1. The molecule has 0 aliphatic carbocycles. The number of rotatable bonds is 4. The molecule has 0 atom stereocenters. The van der Waals surface area contributed by atoms with E-state index in [0.29, 0.717) is 11.3 Å². The number of nitriles is 1. The zero-order valence-electron chi connectivity index (χ0n) is 9.77. The van der Waals surface area contributed by atoms with Crippen LogP contribution >= 0.6 is 11.8 Å². The molecule has 3 heteroatoms. The predicted molar refractivity (Wildman–Crippen MR) is 72.6 cm³/mol. The van der Waals surface area contributed by atoms with Gasteiger partial charge in [0, 0.05) is 11.5 Å². The van der Waals surface area contributed by atoms with Gasteiger partial charge in [0.05, 0.1) is 11.6 Å². The Bertz CT molecular complexity index is 557. The largest absolute Gasteiger partial charge is 0.207 e. The number of thioether (sulfide) groups is 1. The van der Waals surface area contributed by atoms with E-state index >= 15 is 0 Å². The summed E-state index contributed by atoms with van der Waals surface area (Å²) in [5, 5.41) is 8.69. The molecule has 0 unspecified atom stereocenters. The molecule has 0 fully saturated rings. The summed E-state index contributed by atoms with van der Waals surface area (Å²) in [7, 11) is 0. The fourth-order valence-electron chi connectivity index (χ4n) is 1.57. The minimum Gasteiger partial charge on any atom is -0.207 e. The topological polar surface area (TPSA) is 23.8 Å². The number of nitrogens with zero attached hydrogens (tertiary/aromatic N) is 1. The van der Waals surface area contributed by atoms with Crippen molar-refractivity contribution >= 4 is 11.8 Å². The first-order valence-electron chi connectivity index (χ1n) is 5.60. The van der Waals surface area contributed by atoms with Crippen molar-refractivity contribution in [3.05, 3.63) is 71.0 Å². The molecule has 2 rings (SSSR count). The Morgan fingerprint density at radius 2 is 1.72 bits per heavy atom. The lowest BCUT2D eigenvalue weighted by Crippen LogP contribution is -1.88. The Morgan fingerprint density at radius 3 is 2.39 bits per heavy atom. The summed E-state index contributed by atoms with van der Waals surface area (Å²) in [6.07, 6.45) is 0. The maximum atomic E-state index is 13.4. The van der Waals surface area contributed by atoms with Crippen molar-refractivity contribution in [2.24, 2.45) is 0 Å². The second-order valence-electron chi connectivity index (χ2n) is 3.89. The zero-order valence-corrected chi connectivity index (χ0v) is 10.6. The van der Waals surface area contributed by atoms with E-state index in [9.17, 15) is 4.39 Å². The molecule has 1 nitrogen and oxygen atoms in total. The fourth-order valence-corrected chi connectivity index (χ4v) is 2.55. The van der Waals surface area contributed by atoms with Gasteiger partial charge >= 0.3 is 0 Å². The van der Waals surface area contributed by atoms with Gasteiger partial charge in [0.25, 0.3) is 0 Å². The average molecular weight is 257 g/mol. The van der Waals surface area contributed by atoms with Gasteiger partial charge in [-0.15, -0.1) is 0 Å². The molecule has 0 amide bonds. The molecule has 0 N–H and O–H groups in total. The van der Waals surface area contributed by atoms with Crippen LogP contribution in [0.25, 0.3) is 0 Å². The quantitative estimate of drug-likeness (QED) is 0.822. The van der Waals surface area contributed by atoms with E-state index in [4.69, 9.17) is 5.26 Å². The molecular formula is C15H12FNS. The summed E-state index contributed by atoms with van der Waals surface area (Å²) < 4.78 is 13.4. The SMILES string of the molecule is N#Cc1ccc(CSCc2ccccc2F)cc1. The maximum absolute atomic E-state index is 13.4. The average Bonchev–Trinajstić information content (AvgIpc) is 2.42. The zero-order chi connectivity index (χ0) is 12.8. The van der Waals surface area contributed by atoms with Crippen molar-refractivity contribution in [2.75, 3.05) is 0 Å². The van der Waals surface area contributed by atoms with Crippen LogP contribution in [0.2, 0.25) is 0 Å². The van der Waals surface area contributed by atoms with E-state index in [2.05, 4.69) is 6.07 Å². The minimum absolute atomic E-state index is 0.148. The summed E-state index contributed by atoms with van der Waals surface area (Å²) in [6.45, 7) is 0. The van der Waals surface area contributed by atoms with Crippen molar-refractivity contribution in [1.82, 2.24) is 0 Å². The van der Waals surface area contributed by atoms with Gasteiger partial charge in [0.2, 0.25) is 0 Å². The molecule has 0 heterocycles. The van der Waals surface area contributed by atoms with E-state index in [1.165, 1.54) is 6.07 Å². The highest BCUT2D eigenvalue weighted by atomic mass is 32.2.